The molecule has 0 spiro atoms. The Hall–Kier alpha value is -1.59. The van der Waals surface area contributed by atoms with Gasteiger partial charge in [-0.2, -0.15) is 0 Å². The molecule has 1 aromatic rings. The first kappa shape index (κ1) is 12.4. The second-order valence-electron chi connectivity index (χ2n) is 5.25. The standard InChI is InChI=1S/C14H19N3O2/c1-17-11-6-9(14(15)10-4-5-16-7-10)2-3-12(11)19-8-13(17)18/h2-3,6,10,14,16H,4-5,7-8,15H2,1H3. The van der Waals surface area contributed by atoms with Gasteiger partial charge in [0.1, 0.15) is 5.75 Å². The lowest BCUT2D eigenvalue weighted by atomic mass is 9.92. The van der Waals surface area contributed by atoms with Crippen molar-refractivity contribution in [1.82, 2.24) is 5.32 Å². The minimum atomic E-state index is -0.0271. The van der Waals surface area contributed by atoms with E-state index in [1.165, 1.54) is 0 Å². The van der Waals surface area contributed by atoms with E-state index in [2.05, 4.69) is 5.32 Å². The predicted molar refractivity (Wildman–Crippen MR) is 73.3 cm³/mol. The maximum Gasteiger partial charge on any atom is 0.264 e. The summed E-state index contributed by atoms with van der Waals surface area (Å²) in [4.78, 5) is 13.3. The molecular formula is C14H19N3O2. The Morgan fingerprint density at radius 1 is 1.53 bits per heavy atom. The number of nitrogens with one attached hydrogen (secondary N) is 1. The smallest absolute Gasteiger partial charge is 0.264 e. The lowest BCUT2D eigenvalue weighted by Gasteiger charge is -2.28. The van der Waals surface area contributed by atoms with E-state index in [-0.39, 0.29) is 18.6 Å². The third-order valence-electron chi connectivity index (χ3n) is 4.06. The molecule has 102 valence electrons. The van der Waals surface area contributed by atoms with Gasteiger partial charge < -0.3 is 20.7 Å². The molecule has 0 aliphatic carbocycles. The number of rotatable bonds is 2. The molecule has 19 heavy (non-hydrogen) atoms. The molecule has 2 aliphatic heterocycles. The average Bonchev–Trinajstić information content (AvgIpc) is 2.96. The zero-order chi connectivity index (χ0) is 13.4. The summed E-state index contributed by atoms with van der Waals surface area (Å²) in [5, 5.41) is 3.33. The highest BCUT2D eigenvalue weighted by atomic mass is 16.5. The van der Waals surface area contributed by atoms with Crippen molar-refractivity contribution in [3.8, 4) is 5.75 Å². The van der Waals surface area contributed by atoms with Crippen LogP contribution in [0.1, 0.15) is 18.0 Å². The second kappa shape index (κ2) is 4.83. The lowest BCUT2D eigenvalue weighted by Crippen LogP contribution is -2.35. The van der Waals surface area contributed by atoms with Crippen LogP contribution in [0.2, 0.25) is 0 Å². The van der Waals surface area contributed by atoms with Gasteiger partial charge in [-0.05, 0) is 43.1 Å². The molecule has 3 N–H and O–H groups in total. The number of nitrogens with two attached hydrogens (primary N) is 1. The van der Waals surface area contributed by atoms with E-state index >= 15 is 0 Å². The molecular weight excluding hydrogens is 242 g/mol. The monoisotopic (exact) mass is 261 g/mol. The van der Waals surface area contributed by atoms with E-state index in [1.807, 2.05) is 18.2 Å². The summed E-state index contributed by atoms with van der Waals surface area (Å²) in [6, 6.07) is 5.90. The summed E-state index contributed by atoms with van der Waals surface area (Å²) < 4.78 is 5.42. The fourth-order valence-corrected chi connectivity index (χ4v) is 2.75. The Kier molecular flexibility index (Phi) is 3.16. The van der Waals surface area contributed by atoms with Gasteiger partial charge in [0.2, 0.25) is 0 Å². The van der Waals surface area contributed by atoms with Crippen LogP contribution in [-0.4, -0.2) is 32.7 Å². The molecule has 1 saturated heterocycles. The minimum absolute atomic E-state index is 0.00530. The largest absolute Gasteiger partial charge is 0.482 e. The number of ether oxygens (including phenoxy) is 1. The third-order valence-corrected chi connectivity index (χ3v) is 4.06. The quantitative estimate of drug-likeness (QED) is 0.820. The molecule has 0 bridgehead atoms. The third kappa shape index (κ3) is 2.19. The first-order valence-corrected chi connectivity index (χ1v) is 6.66. The van der Waals surface area contributed by atoms with E-state index in [4.69, 9.17) is 10.5 Å². The van der Waals surface area contributed by atoms with E-state index < -0.39 is 0 Å². The Morgan fingerprint density at radius 2 is 2.37 bits per heavy atom. The molecule has 0 radical (unpaired) electrons. The number of likely N-dealkylation sites (N-methyl/N-ethyl adjacent to an activating group) is 1. The average molecular weight is 261 g/mol. The van der Waals surface area contributed by atoms with Crippen molar-refractivity contribution in [2.75, 3.05) is 31.6 Å². The van der Waals surface area contributed by atoms with Gasteiger partial charge in [0.15, 0.2) is 6.61 Å². The molecule has 1 aromatic carbocycles. The molecule has 0 saturated carbocycles. The number of benzene rings is 1. The van der Waals surface area contributed by atoms with Gasteiger partial charge in [-0.15, -0.1) is 0 Å². The molecule has 5 nitrogen and oxygen atoms in total. The van der Waals surface area contributed by atoms with Crippen LogP contribution in [0.15, 0.2) is 18.2 Å². The Bertz CT molecular complexity index is 497. The van der Waals surface area contributed by atoms with E-state index in [0.29, 0.717) is 5.92 Å². The van der Waals surface area contributed by atoms with Crippen molar-refractivity contribution in [1.29, 1.82) is 0 Å². The van der Waals surface area contributed by atoms with Crippen LogP contribution in [0, 0.1) is 5.92 Å². The zero-order valence-corrected chi connectivity index (χ0v) is 11.1. The molecule has 1 fully saturated rings. The van der Waals surface area contributed by atoms with Crippen molar-refractivity contribution >= 4 is 11.6 Å². The summed E-state index contributed by atoms with van der Waals surface area (Å²) in [6.07, 6.45) is 1.10. The minimum Gasteiger partial charge on any atom is -0.482 e. The summed E-state index contributed by atoms with van der Waals surface area (Å²) in [7, 11) is 1.77. The maximum absolute atomic E-state index is 11.7. The van der Waals surface area contributed by atoms with Gasteiger partial charge in [-0.1, -0.05) is 6.07 Å². The molecule has 2 heterocycles. The Morgan fingerprint density at radius 3 is 3.11 bits per heavy atom. The lowest BCUT2D eigenvalue weighted by molar-refractivity contribution is -0.120. The number of carbonyl (C=O) groups excluding carboxylic acids is 1. The first-order chi connectivity index (χ1) is 9.16. The highest BCUT2D eigenvalue weighted by molar-refractivity contribution is 5.97. The number of hydrogen-bond donors (Lipinski definition) is 2. The van der Waals surface area contributed by atoms with Crippen LogP contribution in [0.3, 0.4) is 0 Å². The Labute approximate surface area is 112 Å². The summed E-state index contributed by atoms with van der Waals surface area (Å²) in [5.74, 6) is 1.19. The van der Waals surface area contributed by atoms with Gasteiger partial charge in [0, 0.05) is 13.1 Å². The van der Waals surface area contributed by atoms with Gasteiger partial charge >= 0.3 is 0 Å². The Balaban J connectivity index is 1.89. The topological polar surface area (TPSA) is 67.6 Å². The highest BCUT2D eigenvalue weighted by Gasteiger charge is 2.26. The molecule has 5 heteroatoms. The molecule has 2 aliphatic rings. The van der Waals surface area contributed by atoms with Crippen LogP contribution in [0.4, 0.5) is 5.69 Å². The predicted octanol–water partition coefficient (Wildman–Crippen LogP) is 0.651. The molecule has 2 atom stereocenters. The summed E-state index contributed by atoms with van der Waals surface area (Å²) in [6.45, 7) is 2.11. The summed E-state index contributed by atoms with van der Waals surface area (Å²) in [5.41, 5.74) is 8.21. The fourth-order valence-electron chi connectivity index (χ4n) is 2.75. The normalized spacial score (nSPS) is 24.0. The van der Waals surface area contributed by atoms with Gasteiger partial charge in [-0.3, -0.25) is 4.79 Å². The van der Waals surface area contributed by atoms with Crippen LogP contribution in [-0.2, 0) is 4.79 Å². The molecule has 1 amide bonds. The van der Waals surface area contributed by atoms with Crippen molar-refractivity contribution in [2.45, 2.75) is 12.5 Å². The van der Waals surface area contributed by atoms with E-state index in [0.717, 1.165) is 36.5 Å². The first-order valence-electron chi connectivity index (χ1n) is 6.66. The summed E-state index contributed by atoms with van der Waals surface area (Å²) >= 11 is 0. The second-order valence-corrected chi connectivity index (χ2v) is 5.25. The highest BCUT2D eigenvalue weighted by Crippen LogP contribution is 2.35. The molecule has 0 aromatic heterocycles. The fraction of sp³-hybridized carbons (Fsp3) is 0.500. The molecule has 2 unspecified atom stereocenters. The van der Waals surface area contributed by atoms with Crippen LogP contribution in [0.5, 0.6) is 5.75 Å². The van der Waals surface area contributed by atoms with Gasteiger partial charge in [0.05, 0.1) is 5.69 Å². The number of anilines is 1. The van der Waals surface area contributed by atoms with Crippen LogP contribution < -0.4 is 20.7 Å². The van der Waals surface area contributed by atoms with Crippen molar-refractivity contribution in [3.63, 3.8) is 0 Å². The molecule has 3 rings (SSSR count). The number of hydrogen-bond acceptors (Lipinski definition) is 4. The number of fused-ring (bicyclic) bond motifs is 1. The number of amides is 1. The SMILES string of the molecule is CN1C(=O)COc2ccc(C(N)C3CCNC3)cc21. The van der Waals surface area contributed by atoms with Gasteiger partial charge in [-0.25, -0.2) is 0 Å². The van der Waals surface area contributed by atoms with Crippen LogP contribution >= 0.6 is 0 Å². The van der Waals surface area contributed by atoms with Crippen molar-refractivity contribution in [2.24, 2.45) is 11.7 Å². The number of nitrogens with zero attached hydrogens (tertiary/aromatic N) is 1. The van der Waals surface area contributed by atoms with E-state index in [1.54, 1.807) is 11.9 Å². The van der Waals surface area contributed by atoms with Crippen molar-refractivity contribution < 1.29 is 9.53 Å². The zero-order valence-electron chi connectivity index (χ0n) is 11.1. The van der Waals surface area contributed by atoms with Gasteiger partial charge in [0.25, 0.3) is 5.91 Å². The van der Waals surface area contributed by atoms with Crippen LogP contribution in [0.25, 0.3) is 0 Å². The van der Waals surface area contributed by atoms with Crippen molar-refractivity contribution in [3.05, 3.63) is 23.8 Å². The maximum atomic E-state index is 11.7. The van der Waals surface area contributed by atoms with E-state index in [9.17, 15) is 4.79 Å². The number of carbonyl (C=O) groups is 1.